The molecule has 1 N–H and O–H groups in total. The third-order valence-corrected chi connectivity index (χ3v) is 3.20. The van der Waals surface area contributed by atoms with Gasteiger partial charge in [-0.25, -0.2) is 9.18 Å². The van der Waals surface area contributed by atoms with Crippen molar-refractivity contribution in [3.8, 4) is 0 Å². The smallest absolute Gasteiger partial charge is 0.328 e. The Balaban J connectivity index is 2.08. The molecule has 1 heterocycles. The van der Waals surface area contributed by atoms with Gasteiger partial charge in [0.15, 0.2) is 0 Å². The number of ether oxygens (including phenoxy) is 1. The SMILES string of the molecule is CC1CN(Cc2ccc(F)c(C=CC(=O)O)c2)CCO1. The third-order valence-electron chi connectivity index (χ3n) is 3.20. The highest BCUT2D eigenvalue weighted by Crippen LogP contribution is 2.15. The van der Waals surface area contributed by atoms with Crippen molar-refractivity contribution in [1.29, 1.82) is 0 Å². The predicted octanol–water partition coefficient (Wildman–Crippen LogP) is 2.14. The van der Waals surface area contributed by atoms with Gasteiger partial charge in [0.2, 0.25) is 0 Å². The normalized spacial score (nSPS) is 20.4. The number of nitrogens with zero attached hydrogens (tertiary/aromatic N) is 1. The summed E-state index contributed by atoms with van der Waals surface area (Å²) in [4.78, 5) is 12.7. The molecule has 0 spiro atoms. The van der Waals surface area contributed by atoms with E-state index in [0.29, 0.717) is 18.7 Å². The molecule has 20 heavy (non-hydrogen) atoms. The summed E-state index contributed by atoms with van der Waals surface area (Å²) in [6, 6.07) is 4.79. The summed E-state index contributed by atoms with van der Waals surface area (Å²) < 4.78 is 19.1. The topological polar surface area (TPSA) is 49.8 Å². The van der Waals surface area contributed by atoms with Crippen molar-refractivity contribution in [2.75, 3.05) is 19.7 Å². The maximum absolute atomic E-state index is 13.6. The Morgan fingerprint density at radius 2 is 2.40 bits per heavy atom. The fourth-order valence-corrected chi connectivity index (χ4v) is 2.27. The van der Waals surface area contributed by atoms with Crippen LogP contribution in [0.25, 0.3) is 6.08 Å². The van der Waals surface area contributed by atoms with Gasteiger partial charge >= 0.3 is 5.97 Å². The second-order valence-electron chi connectivity index (χ2n) is 4.94. The van der Waals surface area contributed by atoms with E-state index in [1.54, 1.807) is 12.1 Å². The van der Waals surface area contributed by atoms with Crippen LogP contribution >= 0.6 is 0 Å². The van der Waals surface area contributed by atoms with Crippen molar-refractivity contribution in [1.82, 2.24) is 4.90 Å². The van der Waals surface area contributed by atoms with Crippen LogP contribution in [0.2, 0.25) is 0 Å². The molecule has 0 radical (unpaired) electrons. The average molecular weight is 279 g/mol. The number of carboxylic acid groups (broad SMARTS) is 1. The monoisotopic (exact) mass is 279 g/mol. The number of hydrogen-bond acceptors (Lipinski definition) is 3. The number of halogens is 1. The van der Waals surface area contributed by atoms with E-state index in [0.717, 1.165) is 24.7 Å². The molecular weight excluding hydrogens is 261 g/mol. The summed E-state index contributed by atoms with van der Waals surface area (Å²) in [5.74, 6) is -1.50. The molecule has 0 saturated carbocycles. The largest absolute Gasteiger partial charge is 0.478 e. The van der Waals surface area contributed by atoms with Gasteiger partial charge in [-0.1, -0.05) is 6.07 Å². The van der Waals surface area contributed by atoms with Crippen LogP contribution in [0.5, 0.6) is 0 Å². The molecule has 1 unspecified atom stereocenters. The summed E-state index contributed by atoms with van der Waals surface area (Å²) in [5, 5.41) is 8.59. The van der Waals surface area contributed by atoms with Crippen LogP contribution in [0.3, 0.4) is 0 Å². The Labute approximate surface area is 117 Å². The van der Waals surface area contributed by atoms with E-state index in [2.05, 4.69) is 4.90 Å². The molecule has 4 nitrogen and oxygen atoms in total. The van der Waals surface area contributed by atoms with Gasteiger partial charge < -0.3 is 9.84 Å². The van der Waals surface area contributed by atoms with E-state index in [1.807, 2.05) is 6.92 Å². The minimum absolute atomic E-state index is 0.204. The van der Waals surface area contributed by atoms with Crippen LogP contribution in [0, 0.1) is 5.82 Å². The molecule has 1 fully saturated rings. The standard InChI is InChI=1S/C15H18FNO3/c1-11-9-17(6-7-20-11)10-12-2-4-14(16)13(8-12)3-5-15(18)19/h2-5,8,11H,6-7,9-10H2,1H3,(H,18,19). The van der Waals surface area contributed by atoms with E-state index in [4.69, 9.17) is 9.84 Å². The molecule has 5 heteroatoms. The van der Waals surface area contributed by atoms with E-state index in [1.165, 1.54) is 12.1 Å². The zero-order valence-electron chi connectivity index (χ0n) is 11.4. The fourth-order valence-electron chi connectivity index (χ4n) is 2.27. The van der Waals surface area contributed by atoms with E-state index in [-0.39, 0.29) is 6.10 Å². The summed E-state index contributed by atoms with van der Waals surface area (Å²) in [6.07, 6.45) is 2.43. The first-order valence-corrected chi connectivity index (χ1v) is 6.58. The van der Waals surface area contributed by atoms with Crippen molar-refractivity contribution in [2.24, 2.45) is 0 Å². The van der Waals surface area contributed by atoms with Crippen LogP contribution in [0.4, 0.5) is 4.39 Å². The number of carbonyl (C=O) groups is 1. The number of rotatable bonds is 4. The van der Waals surface area contributed by atoms with Crippen molar-refractivity contribution >= 4 is 12.0 Å². The van der Waals surface area contributed by atoms with Crippen LogP contribution in [0.1, 0.15) is 18.1 Å². The number of aliphatic carboxylic acids is 1. The van der Waals surface area contributed by atoms with Crippen LogP contribution in [-0.2, 0) is 16.1 Å². The van der Waals surface area contributed by atoms with Crippen LogP contribution in [0.15, 0.2) is 24.3 Å². The Morgan fingerprint density at radius 1 is 1.60 bits per heavy atom. The molecular formula is C15H18FNO3. The van der Waals surface area contributed by atoms with Gasteiger partial charge in [0, 0.05) is 31.3 Å². The van der Waals surface area contributed by atoms with E-state index >= 15 is 0 Å². The predicted molar refractivity (Wildman–Crippen MR) is 73.8 cm³/mol. The minimum Gasteiger partial charge on any atom is -0.478 e. The molecule has 1 aromatic carbocycles. The highest BCUT2D eigenvalue weighted by atomic mass is 19.1. The van der Waals surface area contributed by atoms with Gasteiger partial charge in [0.1, 0.15) is 5.82 Å². The fraction of sp³-hybridized carbons (Fsp3) is 0.400. The van der Waals surface area contributed by atoms with Gasteiger partial charge in [-0.15, -0.1) is 0 Å². The average Bonchev–Trinajstić information content (AvgIpc) is 2.39. The zero-order valence-corrected chi connectivity index (χ0v) is 11.4. The van der Waals surface area contributed by atoms with Gasteiger partial charge in [0.05, 0.1) is 12.7 Å². The number of hydrogen-bond donors (Lipinski definition) is 1. The highest BCUT2D eigenvalue weighted by Gasteiger charge is 2.16. The minimum atomic E-state index is -1.09. The quantitative estimate of drug-likeness (QED) is 0.858. The second-order valence-corrected chi connectivity index (χ2v) is 4.94. The van der Waals surface area contributed by atoms with Crippen molar-refractivity contribution < 1.29 is 19.0 Å². The van der Waals surface area contributed by atoms with Gasteiger partial charge in [-0.3, -0.25) is 4.90 Å². The number of benzene rings is 1. The molecule has 1 saturated heterocycles. The van der Waals surface area contributed by atoms with Gasteiger partial charge in [-0.05, 0) is 30.7 Å². The molecule has 2 rings (SSSR count). The molecule has 0 amide bonds. The molecule has 0 bridgehead atoms. The first-order chi connectivity index (χ1) is 9.54. The molecule has 1 atom stereocenters. The number of morpholine rings is 1. The lowest BCUT2D eigenvalue weighted by molar-refractivity contribution is -0.131. The molecule has 1 aliphatic rings. The second kappa shape index (κ2) is 6.63. The molecule has 0 aliphatic carbocycles. The molecule has 108 valence electrons. The first-order valence-electron chi connectivity index (χ1n) is 6.58. The van der Waals surface area contributed by atoms with Crippen molar-refractivity contribution in [3.05, 3.63) is 41.2 Å². The molecule has 1 aliphatic heterocycles. The first kappa shape index (κ1) is 14.7. The van der Waals surface area contributed by atoms with E-state index < -0.39 is 11.8 Å². The van der Waals surface area contributed by atoms with Crippen LogP contribution in [-0.4, -0.2) is 41.8 Å². The Hall–Kier alpha value is -1.72. The summed E-state index contributed by atoms with van der Waals surface area (Å²) in [6.45, 7) is 5.13. The Bertz CT molecular complexity index is 516. The van der Waals surface area contributed by atoms with Crippen LogP contribution < -0.4 is 0 Å². The van der Waals surface area contributed by atoms with Gasteiger partial charge in [0.25, 0.3) is 0 Å². The van der Waals surface area contributed by atoms with Crippen molar-refractivity contribution in [3.63, 3.8) is 0 Å². The maximum Gasteiger partial charge on any atom is 0.328 e. The maximum atomic E-state index is 13.6. The summed E-state index contributed by atoms with van der Waals surface area (Å²) in [5.41, 5.74) is 1.26. The third kappa shape index (κ3) is 4.15. The Kier molecular flexibility index (Phi) is 4.87. The van der Waals surface area contributed by atoms with Gasteiger partial charge in [-0.2, -0.15) is 0 Å². The lowest BCUT2D eigenvalue weighted by atomic mass is 10.1. The highest BCUT2D eigenvalue weighted by molar-refractivity contribution is 5.85. The Morgan fingerprint density at radius 3 is 3.10 bits per heavy atom. The zero-order chi connectivity index (χ0) is 14.5. The van der Waals surface area contributed by atoms with E-state index in [9.17, 15) is 9.18 Å². The lowest BCUT2D eigenvalue weighted by Gasteiger charge is -2.31. The lowest BCUT2D eigenvalue weighted by Crippen LogP contribution is -2.40. The van der Waals surface area contributed by atoms with Crippen molar-refractivity contribution in [2.45, 2.75) is 19.6 Å². The number of carboxylic acids is 1. The summed E-state index contributed by atoms with van der Waals surface area (Å²) in [7, 11) is 0. The molecule has 1 aromatic rings. The molecule has 0 aromatic heterocycles. The summed E-state index contributed by atoms with van der Waals surface area (Å²) >= 11 is 0.